The van der Waals surface area contributed by atoms with E-state index < -0.39 is 0 Å². The average molecular weight is 403 g/mol. The van der Waals surface area contributed by atoms with E-state index in [4.69, 9.17) is 4.74 Å². The first-order chi connectivity index (χ1) is 14.7. The summed E-state index contributed by atoms with van der Waals surface area (Å²) in [7, 11) is 0. The van der Waals surface area contributed by atoms with Crippen LogP contribution in [0.2, 0.25) is 0 Å². The lowest BCUT2D eigenvalue weighted by Crippen LogP contribution is -2.46. The first kappa shape index (κ1) is 19.8. The van der Waals surface area contributed by atoms with Gasteiger partial charge in [0, 0.05) is 42.8 Å². The monoisotopic (exact) mass is 403 g/mol. The Morgan fingerprint density at radius 2 is 1.57 bits per heavy atom. The zero-order valence-corrected chi connectivity index (χ0v) is 16.7. The van der Waals surface area contributed by atoms with Crippen LogP contribution in [0.5, 0.6) is 0 Å². The Balaban J connectivity index is 1.23. The van der Waals surface area contributed by atoms with Crippen molar-refractivity contribution in [1.82, 2.24) is 14.8 Å². The van der Waals surface area contributed by atoms with Crippen molar-refractivity contribution >= 4 is 12.0 Å². The van der Waals surface area contributed by atoms with E-state index >= 15 is 0 Å². The van der Waals surface area contributed by atoms with Gasteiger partial charge in [0.15, 0.2) is 0 Å². The molecule has 154 valence electrons. The zero-order chi connectivity index (χ0) is 20.8. The quantitative estimate of drug-likeness (QED) is 0.700. The van der Waals surface area contributed by atoms with Gasteiger partial charge in [-0.25, -0.2) is 4.79 Å². The van der Waals surface area contributed by atoms with Crippen molar-refractivity contribution in [3.8, 4) is 5.69 Å². The summed E-state index contributed by atoms with van der Waals surface area (Å²) in [5.74, 6) is -0.0841. The second-order valence-corrected chi connectivity index (χ2v) is 7.41. The highest BCUT2D eigenvalue weighted by Crippen LogP contribution is 2.15. The predicted molar refractivity (Wildman–Crippen MR) is 114 cm³/mol. The van der Waals surface area contributed by atoms with Crippen molar-refractivity contribution in [1.29, 1.82) is 0 Å². The molecule has 30 heavy (non-hydrogen) atoms. The van der Waals surface area contributed by atoms with Gasteiger partial charge >= 0.3 is 6.09 Å². The Morgan fingerprint density at radius 1 is 0.900 bits per heavy atom. The number of carbonyl (C=O) groups excluding carboxylic acids is 2. The van der Waals surface area contributed by atoms with Crippen LogP contribution in [0.25, 0.3) is 5.69 Å². The molecule has 0 spiro atoms. The minimum Gasteiger partial charge on any atom is -0.445 e. The second-order valence-electron chi connectivity index (χ2n) is 7.41. The largest absolute Gasteiger partial charge is 0.445 e. The molecule has 1 aliphatic heterocycles. The van der Waals surface area contributed by atoms with Crippen molar-refractivity contribution in [3.63, 3.8) is 0 Å². The number of benzene rings is 2. The minimum atomic E-state index is -0.302. The molecule has 6 nitrogen and oxygen atoms in total. The number of piperidine rings is 1. The van der Waals surface area contributed by atoms with Crippen LogP contribution < -0.4 is 5.32 Å². The van der Waals surface area contributed by atoms with Crippen molar-refractivity contribution in [3.05, 3.63) is 90.3 Å². The van der Waals surface area contributed by atoms with E-state index in [0.29, 0.717) is 31.5 Å². The molecular formula is C24H25N3O3. The first-order valence-corrected chi connectivity index (χ1v) is 10.2. The van der Waals surface area contributed by atoms with Gasteiger partial charge in [-0.15, -0.1) is 0 Å². The third-order valence-corrected chi connectivity index (χ3v) is 5.33. The fraction of sp³-hybridized carbons (Fsp3) is 0.250. The topological polar surface area (TPSA) is 63.6 Å². The van der Waals surface area contributed by atoms with Crippen LogP contribution in [0.3, 0.4) is 0 Å². The lowest BCUT2D eigenvalue weighted by Gasteiger charge is -2.31. The summed E-state index contributed by atoms with van der Waals surface area (Å²) in [5.41, 5.74) is 2.62. The van der Waals surface area contributed by atoms with Crippen LogP contribution in [-0.4, -0.2) is 40.6 Å². The van der Waals surface area contributed by atoms with E-state index in [2.05, 4.69) is 5.32 Å². The van der Waals surface area contributed by atoms with Crippen molar-refractivity contribution in [2.24, 2.45) is 0 Å². The number of nitrogens with zero attached hydrogens (tertiary/aromatic N) is 2. The van der Waals surface area contributed by atoms with E-state index in [0.717, 1.165) is 11.3 Å². The van der Waals surface area contributed by atoms with E-state index in [1.54, 1.807) is 4.90 Å². The van der Waals surface area contributed by atoms with Crippen LogP contribution in [0.1, 0.15) is 28.8 Å². The maximum Gasteiger partial charge on any atom is 0.410 e. The summed E-state index contributed by atoms with van der Waals surface area (Å²) in [5, 5.41) is 3.08. The molecule has 1 N–H and O–H groups in total. The summed E-state index contributed by atoms with van der Waals surface area (Å²) < 4.78 is 7.39. The number of hydrogen-bond acceptors (Lipinski definition) is 3. The van der Waals surface area contributed by atoms with Gasteiger partial charge in [-0.05, 0) is 54.8 Å². The summed E-state index contributed by atoms with van der Waals surface area (Å²) in [4.78, 5) is 26.5. The molecule has 6 heteroatoms. The van der Waals surface area contributed by atoms with Gasteiger partial charge in [0.1, 0.15) is 6.61 Å². The summed E-state index contributed by atoms with van der Waals surface area (Å²) >= 11 is 0. The Bertz CT molecular complexity index is 961. The molecule has 2 heterocycles. The molecule has 4 rings (SSSR count). The van der Waals surface area contributed by atoms with E-state index in [1.165, 1.54) is 0 Å². The second kappa shape index (κ2) is 9.31. The van der Waals surface area contributed by atoms with Crippen molar-refractivity contribution in [2.45, 2.75) is 25.5 Å². The molecule has 2 amide bonds. The number of carbonyl (C=O) groups is 2. The molecule has 1 aromatic heterocycles. The lowest BCUT2D eigenvalue weighted by molar-refractivity contribution is 0.0809. The predicted octanol–water partition coefficient (Wildman–Crippen LogP) is 4.01. The van der Waals surface area contributed by atoms with Gasteiger partial charge in [-0.1, -0.05) is 30.3 Å². The SMILES string of the molecule is O=C(NC1CCN(C(=O)OCc2ccccc2)CC1)c1ccc(-n2cccc2)cc1. The third-order valence-electron chi connectivity index (χ3n) is 5.33. The molecule has 1 fully saturated rings. The highest BCUT2D eigenvalue weighted by molar-refractivity contribution is 5.94. The molecule has 1 aliphatic rings. The standard InChI is InChI=1S/C24H25N3O3/c28-23(20-8-10-22(11-9-20)26-14-4-5-15-26)25-21-12-16-27(17-13-21)24(29)30-18-19-6-2-1-3-7-19/h1-11,14-15,21H,12-13,16-18H2,(H,25,28). The molecule has 2 aromatic carbocycles. The van der Waals surface area contributed by atoms with Gasteiger partial charge < -0.3 is 19.5 Å². The number of likely N-dealkylation sites (tertiary alicyclic amines) is 1. The van der Waals surface area contributed by atoms with Crippen LogP contribution >= 0.6 is 0 Å². The van der Waals surface area contributed by atoms with Gasteiger partial charge in [-0.2, -0.15) is 0 Å². The fourth-order valence-electron chi connectivity index (χ4n) is 3.58. The zero-order valence-electron chi connectivity index (χ0n) is 16.7. The summed E-state index contributed by atoms with van der Waals surface area (Å²) in [6, 6.07) is 21.1. The number of rotatable bonds is 5. The van der Waals surface area contributed by atoms with Crippen LogP contribution in [0.15, 0.2) is 79.1 Å². The fourth-order valence-corrected chi connectivity index (χ4v) is 3.58. The molecule has 3 aromatic rings. The van der Waals surface area contributed by atoms with Crippen LogP contribution in [0.4, 0.5) is 4.79 Å². The molecule has 0 saturated carbocycles. The van der Waals surface area contributed by atoms with E-state index in [-0.39, 0.29) is 24.6 Å². The van der Waals surface area contributed by atoms with Gasteiger partial charge in [-0.3, -0.25) is 4.79 Å². The average Bonchev–Trinajstić information content (AvgIpc) is 3.34. The van der Waals surface area contributed by atoms with Crippen molar-refractivity contribution in [2.75, 3.05) is 13.1 Å². The number of amides is 2. The Hall–Kier alpha value is -3.54. The van der Waals surface area contributed by atoms with Gasteiger partial charge in [0.05, 0.1) is 0 Å². The number of aromatic nitrogens is 1. The maximum atomic E-state index is 12.6. The number of ether oxygens (including phenoxy) is 1. The smallest absolute Gasteiger partial charge is 0.410 e. The third kappa shape index (κ3) is 4.89. The Kier molecular flexibility index (Phi) is 6.13. The van der Waals surface area contributed by atoms with E-state index in [9.17, 15) is 9.59 Å². The molecular weight excluding hydrogens is 378 g/mol. The molecule has 0 radical (unpaired) electrons. The minimum absolute atomic E-state index is 0.0554. The lowest BCUT2D eigenvalue weighted by atomic mass is 10.0. The first-order valence-electron chi connectivity index (χ1n) is 10.2. The molecule has 0 atom stereocenters. The molecule has 0 aliphatic carbocycles. The normalized spacial score (nSPS) is 14.3. The highest BCUT2D eigenvalue weighted by atomic mass is 16.6. The highest BCUT2D eigenvalue weighted by Gasteiger charge is 2.25. The van der Waals surface area contributed by atoms with Crippen LogP contribution in [-0.2, 0) is 11.3 Å². The van der Waals surface area contributed by atoms with Gasteiger partial charge in [0.25, 0.3) is 5.91 Å². The van der Waals surface area contributed by atoms with Gasteiger partial charge in [0.2, 0.25) is 0 Å². The molecule has 0 bridgehead atoms. The van der Waals surface area contributed by atoms with Crippen LogP contribution in [0, 0.1) is 0 Å². The summed E-state index contributed by atoms with van der Waals surface area (Å²) in [6.45, 7) is 1.42. The number of hydrogen-bond donors (Lipinski definition) is 1. The van der Waals surface area contributed by atoms with Crippen molar-refractivity contribution < 1.29 is 14.3 Å². The molecule has 1 saturated heterocycles. The Labute approximate surface area is 176 Å². The summed E-state index contributed by atoms with van der Waals surface area (Å²) in [6.07, 6.45) is 5.06. The maximum absolute atomic E-state index is 12.6. The van der Waals surface area contributed by atoms with E-state index in [1.807, 2.05) is 83.7 Å². The number of nitrogens with one attached hydrogen (secondary N) is 1. The molecule has 0 unspecified atom stereocenters. The Morgan fingerprint density at radius 3 is 2.23 bits per heavy atom.